The van der Waals surface area contributed by atoms with Gasteiger partial charge in [0.15, 0.2) is 0 Å². The summed E-state index contributed by atoms with van der Waals surface area (Å²) in [6.45, 7) is 16.4. The molecular formula is C14H30N2. The Morgan fingerprint density at radius 3 is 1.94 bits per heavy atom. The third-order valence-electron chi connectivity index (χ3n) is 2.94. The molecule has 0 aliphatic carbocycles. The molecule has 0 bridgehead atoms. The number of rotatable bonds is 2. The molecular weight excluding hydrogens is 196 g/mol. The lowest BCUT2D eigenvalue weighted by molar-refractivity contribution is 0.338. The van der Waals surface area contributed by atoms with Crippen molar-refractivity contribution in [3.05, 3.63) is 11.1 Å². The van der Waals surface area contributed by atoms with Crippen molar-refractivity contribution in [1.29, 1.82) is 0 Å². The second-order valence-electron chi connectivity index (χ2n) is 4.96. The summed E-state index contributed by atoms with van der Waals surface area (Å²) in [5.41, 5.74) is 3.25. The van der Waals surface area contributed by atoms with Gasteiger partial charge in [-0.25, -0.2) is 0 Å². The van der Waals surface area contributed by atoms with Gasteiger partial charge in [-0.1, -0.05) is 52.7 Å². The molecule has 16 heavy (non-hydrogen) atoms. The minimum absolute atomic E-state index is 0.673. The molecule has 0 aromatic rings. The zero-order chi connectivity index (χ0) is 12.7. The lowest BCUT2D eigenvalue weighted by atomic mass is 9.90. The van der Waals surface area contributed by atoms with E-state index >= 15 is 0 Å². The quantitative estimate of drug-likeness (QED) is 0.728. The molecule has 1 aliphatic rings. The van der Waals surface area contributed by atoms with E-state index in [0.717, 1.165) is 19.8 Å². The first-order chi connectivity index (χ1) is 7.52. The molecule has 0 atom stereocenters. The Labute approximate surface area is 102 Å². The summed E-state index contributed by atoms with van der Waals surface area (Å²) in [5.74, 6) is 1.35. The Balaban J connectivity index is 0.00000106. The maximum atomic E-state index is 3.48. The number of nitrogens with zero attached hydrogens (tertiary/aromatic N) is 1. The summed E-state index contributed by atoms with van der Waals surface area (Å²) >= 11 is 0. The van der Waals surface area contributed by atoms with Gasteiger partial charge in [-0.2, -0.15) is 0 Å². The van der Waals surface area contributed by atoms with Gasteiger partial charge in [0.1, 0.15) is 0 Å². The van der Waals surface area contributed by atoms with Crippen LogP contribution in [0.2, 0.25) is 0 Å². The molecule has 0 aromatic carbocycles. The van der Waals surface area contributed by atoms with Crippen molar-refractivity contribution in [2.24, 2.45) is 11.8 Å². The third kappa shape index (κ3) is 4.67. The molecule has 1 heterocycles. The first kappa shape index (κ1) is 15.7. The van der Waals surface area contributed by atoms with Gasteiger partial charge in [-0.15, -0.1) is 0 Å². The fraction of sp³-hybridized carbons (Fsp3) is 0.857. The minimum Gasteiger partial charge on any atom is -0.301 e. The molecule has 0 aromatic heterocycles. The topological polar surface area (TPSA) is 15.3 Å². The van der Waals surface area contributed by atoms with Crippen molar-refractivity contribution in [2.75, 3.05) is 26.8 Å². The van der Waals surface area contributed by atoms with E-state index in [1.807, 2.05) is 13.8 Å². The zero-order valence-electron chi connectivity index (χ0n) is 12.2. The lowest BCUT2D eigenvalue weighted by Crippen LogP contribution is -2.30. The van der Waals surface area contributed by atoms with E-state index in [2.05, 4.69) is 45.0 Å². The predicted octanol–water partition coefficient (Wildman–Crippen LogP) is 3.11. The monoisotopic (exact) mass is 226 g/mol. The van der Waals surface area contributed by atoms with Gasteiger partial charge in [0.05, 0.1) is 0 Å². The van der Waals surface area contributed by atoms with Gasteiger partial charge in [0.25, 0.3) is 0 Å². The second-order valence-corrected chi connectivity index (χ2v) is 4.96. The highest BCUT2D eigenvalue weighted by atomic mass is 15.2. The van der Waals surface area contributed by atoms with Gasteiger partial charge in [0, 0.05) is 19.8 Å². The molecule has 0 radical (unpaired) electrons. The van der Waals surface area contributed by atoms with Crippen molar-refractivity contribution < 1.29 is 0 Å². The Kier molecular flexibility index (Phi) is 7.69. The van der Waals surface area contributed by atoms with E-state index in [1.165, 1.54) is 0 Å². The van der Waals surface area contributed by atoms with Crippen LogP contribution in [0, 0.1) is 11.8 Å². The normalized spacial score (nSPS) is 18.6. The highest BCUT2D eigenvalue weighted by Crippen LogP contribution is 2.22. The Bertz CT molecular complexity index is 217. The molecule has 0 amide bonds. The zero-order valence-corrected chi connectivity index (χ0v) is 12.2. The van der Waals surface area contributed by atoms with E-state index < -0.39 is 0 Å². The molecule has 0 fully saturated rings. The molecule has 2 heteroatoms. The van der Waals surface area contributed by atoms with Crippen LogP contribution in [0.3, 0.4) is 0 Å². The van der Waals surface area contributed by atoms with E-state index in [-0.39, 0.29) is 0 Å². The minimum atomic E-state index is 0.673. The van der Waals surface area contributed by atoms with Crippen LogP contribution in [0.15, 0.2) is 11.1 Å². The van der Waals surface area contributed by atoms with Crippen LogP contribution in [0.1, 0.15) is 41.5 Å². The number of hydrogen-bond donors (Lipinski definition) is 1. The fourth-order valence-electron chi connectivity index (χ4n) is 2.07. The van der Waals surface area contributed by atoms with Crippen molar-refractivity contribution >= 4 is 0 Å². The lowest BCUT2D eigenvalue weighted by Gasteiger charge is -2.21. The van der Waals surface area contributed by atoms with Gasteiger partial charge < -0.3 is 5.32 Å². The van der Waals surface area contributed by atoms with Crippen molar-refractivity contribution in [2.45, 2.75) is 41.5 Å². The van der Waals surface area contributed by atoms with Crippen LogP contribution < -0.4 is 5.32 Å². The standard InChI is InChI=1S/C12H24N2.C2H6/c1-9(2)11-6-13-8-14(5)7-12(11)10(3)4;1-2/h9-10,13H,6-8H2,1-5H3;1-2H3. The highest BCUT2D eigenvalue weighted by molar-refractivity contribution is 5.22. The summed E-state index contributed by atoms with van der Waals surface area (Å²) < 4.78 is 0. The van der Waals surface area contributed by atoms with E-state index in [1.54, 1.807) is 11.1 Å². The van der Waals surface area contributed by atoms with Gasteiger partial charge >= 0.3 is 0 Å². The highest BCUT2D eigenvalue weighted by Gasteiger charge is 2.18. The largest absolute Gasteiger partial charge is 0.301 e. The molecule has 0 saturated carbocycles. The fourth-order valence-corrected chi connectivity index (χ4v) is 2.07. The van der Waals surface area contributed by atoms with Crippen LogP contribution in [0.5, 0.6) is 0 Å². The average molecular weight is 226 g/mol. The molecule has 1 rings (SSSR count). The average Bonchev–Trinajstić information content (AvgIpc) is 2.43. The first-order valence-corrected chi connectivity index (χ1v) is 6.63. The molecule has 0 saturated heterocycles. The summed E-state index contributed by atoms with van der Waals surface area (Å²) in [7, 11) is 2.18. The van der Waals surface area contributed by atoms with Gasteiger partial charge in [-0.3, -0.25) is 4.90 Å². The molecule has 0 spiro atoms. The van der Waals surface area contributed by atoms with Crippen molar-refractivity contribution in [1.82, 2.24) is 10.2 Å². The van der Waals surface area contributed by atoms with Crippen molar-refractivity contribution in [3.63, 3.8) is 0 Å². The van der Waals surface area contributed by atoms with Crippen LogP contribution in [-0.2, 0) is 0 Å². The smallest absolute Gasteiger partial charge is 0.0483 e. The SMILES string of the molecule is CC.CC(C)C1=C(C(C)C)CN(C)CNC1. The third-order valence-corrected chi connectivity index (χ3v) is 2.94. The maximum absolute atomic E-state index is 3.48. The summed E-state index contributed by atoms with van der Waals surface area (Å²) in [4.78, 5) is 2.35. The summed E-state index contributed by atoms with van der Waals surface area (Å²) in [6.07, 6.45) is 0. The Morgan fingerprint density at radius 2 is 1.50 bits per heavy atom. The molecule has 1 aliphatic heterocycles. The number of nitrogens with one attached hydrogen (secondary N) is 1. The van der Waals surface area contributed by atoms with Gasteiger partial charge in [0.2, 0.25) is 0 Å². The Hall–Kier alpha value is -0.340. The van der Waals surface area contributed by atoms with Crippen molar-refractivity contribution in [3.8, 4) is 0 Å². The van der Waals surface area contributed by atoms with E-state index in [4.69, 9.17) is 0 Å². The molecule has 2 nitrogen and oxygen atoms in total. The molecule has 0 unspecified atom stereocenters. The van der Waals surface area contributed by atoms with E-state index in [9.17, 15) is 0 Å². The van der Waals surface area contributed by atoms with Crippen LogP contribution in [0.25, 0.3) is 0 Å². The number of hydrogen-bond acceptors (Lipinski definition) is 2. The Morgan fingerprint density at radius 1 is 1.00 bits per heavy atom. The predicted molar refractivity (Wildman–Crippen MR) is 73.5 cm³/mol. The second kappa shape index (κ2) is 7.86. The maximum Gasteiger partial charge on any atom is 0.0483 e. The van der Waals surface area contributed by atoms with Crippen LogP contribution in [-0.4, -0.2) is 31.7 Å². The van der Waals surface area contributed by atoms with Crippen LogP contribution >= 0.6 is 0 Å². The number of likely N-dealkylation sites (N-methyl/N-ethyl adjacent to an activating group) is 1. The summed E-state index contributed by atoms with van der Waals surface area (Å²) in [6, 6.07) is 0. The first-order valence-electron chi connectivity index (χ1n) is 6.63. The van der Waals surface area contributed by atoms with E-state index in [0.29, 0.717) is 11.8 Å². The van der Waals surface area contributed by atoms with Crippen LogP contribution in [0.4, 0.5) is 0 Å². The molecule has 96 valence electrons. The summed E-state index contributed by atoms with van der Waals surface area (Å²) in [5, 5.41) is 3.48. The molecule has 1 N–H and O–H groups in total. The van der Waals surface area contributed by atoms with Gasteiger partial charge in [-0.05, 0) is 18.9 Å².